The third kappa shape index (κ3) is 8.19. The highest BCUT2D eigenvalue weighted by atomic mass is 19.4. The number of carbonyl (C=O) groups excluding carboxylic acids is 1. The molecule has 0 fully saturated rings. The first-order valence-corrected chi connectivity index (χ1v) is 4.43. The van der Waals surface area contributed by atoms with Crippen molar-refractivity contribution in [2.24, 2.45) is 0 Å². The molecule has 0 aromatic rings. The molecule has 4 nitrogen and oxygen atoms in total. The number of ether oxygens (including phenoxy) is 1. The van der Waals surface area contributed by atoms with Crippen LogP contribution in [0.5, 0.6) is 0 Å². The van der Waals surface area contributed by atoms with Crippen molar-refractivity contribution in [1.82, 2.24) is 5.32 Å². The summed E-state index contributed by atoms with van der Waals surface area (Å²) < 4.78 is 38.9. The molecule has 0 heterocycles. The van der Waals surface area contributed by atoms with Crippen LogP contribution < -0.4 is 5.32 Å². The summed E-state index contributed by atoms with van der Waals surface area (Å²) in [6.07, 6.45) is -3.93. The maximum atomic E-state index is 11.6. The summed E-state index contributed by atoms with van der Waals surface area (Å²) in [5.74, 6) is -0.667. The van der Waals surface area contributed by atoms with E-state index in [-0.39, 0.29) is 6.61 Å². The number of rotatable bonds is 6. The third-order valence-electron chi connectivity index (χ3n) is 1.58. The molecule has 0 aliphatic rings. The van der Waals surface area contributed by atoms with E-state index in [0.29, 0.717) is 6.42 Å². The number of aliphatic hydroxyl groups excluding tert-OH is 1. The van der Waals surface area contributed by atoms with E-state index in [1.807, 2.05) is 0 Å². The fraction of sp³-hybridized carbons (Fsp3) is 0.875. The summed E-state index contributed by atoms with van der Waals surface area (Å²) in [7, 11) is 0. The van der Waals surface area contributed by atoms with Crippen LogP contribution in [0.25, 0.3) is 0 Å². The maximum Gasteiger partial charge on any atom is 0.411 e. The van der Waals surface area contributed by atoms with E-state index in [9.17, 15) is 18.0 Å². The van der Waals surface area contributed by atoms with Crippen molar-refractivity contribution in [3.8, 4) is 0 Å². The lowest BCUT2D eigenvalue weighted by Crippen LogP contribution is -2.39. The molecule has 1 atom stereocenters. The van der Waals surface area contributed by atoms with Gasteiger partial charge in [-0.05, 0) is 6.42 Å². The van der Waals surface area contributed by atoms with Crippen LogP contribution in [0.2, 0.25) is 0 Å². The van der Waals surface area contributed by atoms with Crippen molar-refractivity contribution in [2.75, 3.05) is 19.8 Å². The van der Waals surface area contributed by atoms with E-state index in [1.165, 1.54) is 0 Å². The van der Waals surface area contributed by atoms with Gasteiger partial charge in [-0.1, -0.05) is 6.92 Å². The van der Waals surface area contributed by atoms with Crippen LogP contribution in [0, 0.1) is 0 Å². The van der Waals surface area contributed by atoms with Crippen LogP contribution in [-0.2, 0) is 9.53 Å². The van der Waals surface area contributed by atoms with Crippen LogP contribution in [0.3, 0.4) is 0 Å². The van der Waals surface area contributed by atoms with Gasteiger partial charge in [0.05, 0.1) is 12.6 Å². The SMILES string of the molecule is CC[C@H](CO)NC(=O)COCC(F)(F)F. The number of carbonyl (C=O) groups is 1. The van der Waals surface area contributed by atoms with Gasteiger partial charge < -0.3 is 15.2 Å². The Labute approximate surface area is 85.4 Å². The van der Waals surface area contributed by atoms with Crippen LogP contribution in [0.15, 0.2) is 0 Å². The summed E-state index contributed by atoms with van der Waals surface area (Å²) in [6.45, 7) is -0.619. The lowest BCUT2D eigenvalue weighted by Gasteiger charge is -2.14. The zero-order valence-electron chi connectivity index (χ0n) is 8.30. The Morgan fingerprint density at radius 2 is 2.13 bits per heavy atom. The topological polar surface area (TPSA) is 58.6 Å². The molecule has 0 aliphatic heterocycles. The van der Waals surface area contributed by atoms with Crippen molar-refractivity contribution >= 4 is 5.91 Å². The molecular formula is C8H14F3NO3. The van der Waals surface area contributed by atoms with Gasteiger partial charge in [-0.15, -0.1) is 0 Å². The molecule has 0 spiro atoms. The predicted molar refractivity (Wildman–Crippen MR) is 46.2 cm³/mol. The molecule has 2 N–H and O–H groups in total. The normalized spacial score (nSPS) is 13.7. The second kappa shape index (κ2) is 6.62. The minimum absolute atomic E-state index is 0.249. The summed E-state index contributed by atoms with van der Waals surface area (Å²) >= 11 is 0. The molecule has 15 heavy (non-hydrogen) atoms. The van der Waals surface area contributed by atoms with Gasteiger partial charge in [-0.3, -0.25) is 4.79 Å². The van der Waals surface area contributed by atoms with Gasteiger partial charge >= 0.3 is 6.18 Å². The van der Waals surface area contributed by atoms with Gasteiger partial charge in [0, 0.05) is 0 Å². The Hall–Kier alpha value is -0.820. The number of halogens is 3. The summed E-state index contributed by atoms with van der Waals surface area (Å²) in [4.78, 5) is 10.9. The molecule has 90 valence electrons. The molecule has 0 aromatic carbocycles. The second-order valence-corrected chi connectivity index (χ2v) is 2.96. The number of aliphatic hydroxyl groups is 1. The predicted octanol–water partition coefficient (Wildman–Crippen LogP) is 0.452. The Morgan fingerprint density at radius 1 is 1.53 bits per heavy atom. The number of hydrogen-bond acceptors (Lipinski definition) is 3. The monoisotopic (exact) mass is 229 g/mol. The van der Waals surface area contributed by atoms with Crippen molar-refractivity contribution < 1.29 is 27.8 Å². The zero-order valence-corrected chi connectivity index (χ0v) is 8.30. The molecule has 0 radical (unpaired) electrons. The van der Waals surface area contributed by atoms with E-state index in [2.05, 4.69) is 10.1 Å². The van der Waals surface area contributed by atoms with Gasteiger partial charge in [0.2, 0.25) is 5.91 Å². The molecule has 1 amide bonds. The van der Waals surface area contributed by atoms with E-state index in [0.717, 1.165) is 0 Å². The van der Waals surface area contributed by atoms with E-state index < -0.39 is 31.3 Å². The highest BCUT2D eigenvalue weighted by molar-refractivity contribution is 5.77. The molecule has 0 saturated carbocycles. The van der Waals surface area contributed by atoms with E-state index >= 15 is 0 Å². The highest BCUT2D eigenvalue weighted by Gasteiger charge is 2.27. The Kier molecular flexibility index (Phi) is 6.26. The number of amides is 1. The van der Waals surface area contributed by atoms with Gasteiger partial charge in [0.1, 0.15) is 13.2 Å². The standard InChI is InChI=1S/C8H14F3NO3/c1-2-6(3-13)12-7(14)4-15-5-8(9,10)11/h6,13H,2-5H2,1H3,(H,12,14)/t6-/m1/s1. The average Bonchev–Trinajstić information content (AvgIpc) is 2.12. The fourth-order valence-electron chi connectivity index (χ4n) is 0.806. The molecule has 0 rings (SSSR count). The van der Waals surface area contributed by atoms with Crippen molar-refractivity contribution in [1.29, 1.82) is 0 Å². The van der Waals surface area contributed by atoms with Crippen molar-refractivity contribution in [3.05, 3.63) is 0 Å². The van der Waals surface area contributed by atoms with Gasteiger partial charge in [0.25, 0.3) is 0 Å². The van der Waals surface area contributed by atoms with Crippen molar-refractivity contribution in [2.45, 2.75) is 25.6 Å². The number of hydrogen-bond donors (Lipinski definition) is 2. The summed E-state index contributed by atoms with van der Waals surface area (Å²) in [5.41, 5.74) is 0. The van der Waals surface area contributed by atoms with Gasteiger partial charge in [-0.25, -0.2) is 0 Å². The molecular weight excluding hydrogens is 215 g/mol. The fourth-order valence-corrected chi connectivity index (χ4v) is 0.806. The van der Waals surface area contributed by atoms with E-state index in [1.54, 1.807) is 6.92 Å². The number of nitrogens with one attached hydrogen (secondary N) is 1. The van der Waals surface area contributed by atoms with E-state index in [4.69, 9.17) is 5.11 Å². The summed E-state index contributed by atoms with van der Waals surface area (Å²) in [5, 5.41) is 11.0. The largest absolute Gasteiger partial charge is 0.411 e. The first-order valence-electron chi connectivity index (χ1n) is 4.43. The Morgan fingerprint density at radius 3 is 2.53 bits per heavy atom. The van der Waals surface area contributed by atoms with Crippen LogP contribution in [0.1, 0.15) is 13.3 Å². The smallest absolute Gasteiger partial charge is 0.394 e. The molecule has 0 unspecified atom stereocenters. The minimum Gasteiger partial charge on any atom is -0.394 e. The maximum absolute atomic E-state index is 11.6. The van der Waals surface area contributed by atoms with Crippen LogP contribution >= 0.6 is 0 Å². The average molecular weight is 229 g/mol. The van der Waals surface area contributed by atoms with Crippen LogP contribution in [-0.4, -0.2) is 43.1 Å². The first kappa shape index (κ1) is 14.2. The second-order valence-electron chi connectivity index (χ2n) is 2.96. The Bertz CT molecular complexity index is 192. The molecule has 0 aliphatic carbocycles. The van der Waals surface area contributed by atoms with Crippen molar-refractivity contribution in [3.63, 3.8) is 0 Å². The molecule has 7 heteroatoms. The molecule has 0 saturated heterocycles. The highest BCUT2D eigenvalue weighted by Crippen LogP contribution is 2.13. The van der Waals surface area contributed by atoms with Gasteiger partial charge in [0.15, 0.2) is 0 Å². The third-order valence-corrected chi connectivity index (χ3v) is 1.58. The molecule has 0 bridgehead atoms. The lowest BCUT2D eigenvalue weighted by molar-refractivity contribution is -0.175. The lowest BCUT2D eigenvalue weighted by atomic mass is 10.2. The Balaban J connectivity index is 3.66. The quantitative estimate of drug-likeness (QED) is 0.695. The minimum atomic E-state index is -4.43. The van der Waals surface area contributed by atoms with Crippen LogP contribution in [0.4, 0.5) is 13.2 Å². The number of alkyl halides is 3. The molecule has 0 aromatic heterocycles. The zero-order chi connectivity index (χ0) is 11.9. The summed E-state index contributed by atoms with van der Waals surface area (Å²) in [6, 6.07) is -0.438. The first-order chi connectivity index (χ1) is 6.89. The van der Waals surface area contributed by atoms with Gasteiger partial charge in [-0.2, -0.15) is 13.2 Å².